The number of nitrogens with two attached hydrogens (primary N) is 1. The number of anilines is 1. The van der Waals surface area contributed by atoms with E-state index in [1.165, 1.54) is 0 Å². The van der Waals surface area contributed by atoms with Gasteiger partial charge in [-0.3, -0.25) is 4.98 Å². The highest BCUT2D eigenvalue weighted by Gasteiger charge is 2.26. The molecule has 98 valence electrons. The van der Waals surface area contributed by atoms with Crippen LogP contribution in [0.4, 0.5) is 5.69 Å². The molecule has 0 aliphatic carbocycles. The second-order valence-electron chi connectivity index (χ2n) is 4.64. The summed E-state index contributed by atoms with van der Waals surface area (Å²) in [4.78, 5) is 6.26. The van der Waals surface area contributed by atoms with Crippen molar-refractivity contribution in [3.8, 4) is 0 Å². The second kappa shape index (κ2) is 5.22. The molecule has 1 fully saturated rings. The van der Waals surface area contributed by atoms with Crippen LogP contribution in [0.2, 0.25) is 0 Å². The van der Waals surface area contributed by atoms with Gasteiger partial charge in [-0.1, -0.05) is 12.1 Å². The summed E-state index contributed by atoms with van der Waals surface area (Å²) in [5.74, 6) is 0.198. The summed E-state index contributed by atoms with van der Waals surface area (Å²) in [5.41, 5.74) is 6.94. The lowest BCUT2D eigenvalue weighted by molar-refractivity contribution is 0.0970. The van der Waals surface area contributed by atoms with Crippen LogP contribution in [-0.4, -0.2) is 40.3 Å². The molecule has 2 atom stereocenters. The van der Waals surface area contributed by atoms with Gasteiger partial charge in [-0.15, -0.1) is 0 Å². The first-order valence-corrected chi connectivity index (χ1v) is 5.99. The van der Waals surface area contributed by atoms with E-state index in [-0.39, 0.29) is 17.9 Å². The van der Waals surface area contributed by atoms with E-state index >= 15 is 0 Å². The van der Waals surface area contributed by atoms with E-state index in [9.17, 15) is 5.11 Å². The van der Waals surface area contributed by atoms with Crippen molar-refractivity contribution in [2.45, 2.75) is 19.4 Å². The zero-order valence-corrected chi connectivity index (χ0v) is 10.3. The van der Waals surface area contributed by atoms with Gasteiger partial charge in [0.1, 0.15) is 5.69 Å². The van der Waals surface area contributed by atoms with Gasteiger partial charge in [0.2, 0.25) is 0 Å². The third-order valence-electron chi connectivity index (χ3n) is 3.34. The van der Waals surface area contributed by atoms with Crippen LogP contribution in [-0.2, 0) is 0 Å². The lowest BCUT2D eigenvalue weighted by Crippen LogP contribution is -2.42. The Kier molecular flexibility index (Phi) is 3.66. The Hall–Kier alpha value is -1.82. The molecule has 2 unspecified atom stereocenters. The number of aromatic nitrogens is 1. The van der Waals surface area contributed by atoms with E-state index in [4.69, 9.17) is 10.9 Å². The maximum atomic E-state index is 9.74. The summed E-state index contributed by atoms with van der Waals surface area (Å²) in [6, 6.07) is 3.71. The van der Waals surface area contributed by atoms with Gasteiger partial charge < -0.3 is 20.9 Å². The smallest absolute Gasteiger partial charge is 0.190 e. The average Bonchev–Trinajstić information content (AvgIpc) is 2.41. The quantitative estimate of drug-likeness (QED) is 0.305. The van der Waals surface area contributed by atoms with Crippen molar-refractivity contribution in [2.75, 3.05) is 18.0 Å². The molecule has 1 aliphatic heterocycles. The number of amidine groups is 1. The third-order valence-corrected chi connectivity index (χ3v) is 3.34. The molecule has 0 bridgehead atoms. The molecule has 1 saturated heterocycles. The Morgan fingerprint density at radius 3 is 3.06 bits per heavy atom. The van der Waals surface area contributed by atoms with Crippen LogP contribution in [0.5, 0.6) is 0 Å². The van der Waals surface area contributed by atoms with Crippen LogP contribution in [0.1, 0.15) is 19.0 Å². The van der Waals surface area contributed by atoms with Gasteiger partial charge in [0.25, 0.3) is 0 Å². The molecule has 2 heterocycles. The van der Waals surface area contributed by atoms with E-state index in [1.807, 2.05) is 19.1 Å². The Labute approximate surface area is 106 Å². The van der Waals surface area contributed by atoms with Crippen LogP contribution >= 0.6 is 0 Å². The molecular formula is C12H18N4O2. The van der Waals surface area contributed by atoms with E-state index in [0.29, 0.717) is 12.1 Å². The monoisotopic (exact) mass is 250 g/mol. The summed E-state index contributed by atoms with van der Waals surface area (Å²) < 4.78 is 0. The maximum Gasteiger partial charge on any atom is 0.190 e. The molecule has 1 aliphatic rings. The SMILES string of the molecule is CC1CN(c2cccnc2/C(N)=N/O)CCC1O. The number of nitrogens with zero attached hydrogens (tertiary/aromatic N) is 3. The summed E-state index contributed by atoms with van der Waals surface area (Å²) in [6.07, 6.45) is 2.07. The molecule has 0 radical (unpaired) electrons. The van der Waals surface area contributed by atoms with Crippen molar-refractivity contribution >= 4 is 11.5 Å². The van der Waals surface area contributed by atoms with Crippen LogP contribution < -0.4 is 10.6 Å². The highest BCUT2D eigenvalue weighted by atomic mass is 16.4. The second-order valence-corrected chi connectivity index (χ2v) is 4.64. The minimum absolute atomic E-state index is 0.00405. The van der Waals surface area contributed by atoms with E-state index in [0.717, 1.165) is 18.8 Å². The van der Waals surface area contributed by atoms with Gasteiger partial charge in [0.15, 0.2) is 5.84 Å². The Bertz CT molecular complexity index is 449. The van der Waals surface area contributed by atoms with Crippen molar-refractivity contribution in [3.63, 3.8) is 0 Å². The number of aliphatic hydroxyl groups is 1. The van der Waals surface area contributed by atoms with Gasteiger partial charge in [-0.25, -0.2) is 0 Å². The molecule has 2 rings (SSSR count). The maximum absolute atomic E-state index is 9.74. The van der Waals surface area contributed by atoms with E-state index in [1.54, 1.807) is 6.20 Å². The fourth-order valence-corrected chi connectivity index (χ4v) is 2.25. The summed E-state index contributed by atoms with van der Waals surface area (Å²) in [6.45, 7) is 3.48. The number of aliphatic hydroxyl groups excluding tert-OH is 1. The zero-order valence-electron chi connectivity index (χ0n) is 10.3. The third kappa shape index (κ3) is 2.38. The fourth-order valence-electron chi connectivity index (χ4n) is 2.25. The van der Waals surface area contributed by atoms with Crippen LogP contribution in [0.25, 0.3) is 0 Å². The van der Waals surface area contributed by atoms with E-state index in [2.05, 4.69) is 15.0 Å². The molecule has 1 aromatic heterocycles. The Morgan fingerprint density at radius 1 is 1.61 bits per heavy atom. The van der Waals surface area contributed by atoms with Gasteiger partial charge in [-0.2, -0.15) is 0 Å². The predicted octanol–water partition coefficient (Wildman–Crippen LogP) is 0.383. The number of oxime groups is 1. The standard InChI is InChI=1S/C12H18N4O2/c1-8-7-16(6-4-10(8)17)9-3-2-5-14-11(9)12(13)15-18/h2-3,5,8,10,17-18H,4,6-7H2,1H3,(H2,13,15). The highest BCUT2D eigenvalue weighted by molar-refractivity contribution is 6.00. The molecule has 1 aromatic rings. The number of pyridine rings is 1. The number of piperidine rings is 1. The molecule has 0 aromatic carbocycles. The first kappa shape index (κ1) is 12.6. The number of hydrogen-bond acceptors (Lipinski definition) is 5. The molecule has 18 heavy (non-hydrogen) atoms. The number of hydrogen-bond donors (Lipinski definition) is 3. The van der Waals surface area contributed by atoms with Crippen molar-refractivity contribution < 1.29 is 10.3 Å². The van der Waals surface area contributed by atoms with Crippen LogP contribution in [0.3, 0.4) is 0 Å². The van der Waals surface area contributed by atoms with Crippen molar-refractivity contribution in [1.29, 1.82) is 0 Å². The molecule has 0 spiro atoms. The molecule has 6 nitrogen and oxygen atoms in total. The van der Waals surface area contributed by atoms with Gasteiger partial charge in [0.05, 0.1) is 11.8 Å². The lowest BCUT2D eigenvalue weighted by atomic mass is 9.96. The molecule has 4 N–H and O–H groups in total. The largest absolute Gasteiger partial charge is 0.409 e. The molecule has 6 heteroatoms. The van der Waals surface area contributed by atoms with Gasteiger partial charge in [0, 0.05) is 19.3 Å². The molecule has 0 amide bonds. The van der Waals surface area contributed by atoms with Crippen LogP contribution in [0.15, 0.2) is 23.5 Å². The van der Waals surface area contributed by atoms with Gasteiger partial charge >= 0.3 is 0 Å². The lowest BCUT2D eigenvalue weighted by Gasteiger charge is -2.36. The zero-order chi connectivity index (χ0) is 13.1. The fraction of sp³-hybridized carbons (Fsp3) is 0.500. The normalized spacial score (nSPS) is 25.2. The average molecular weight is 250 g/mol. The minimum Gasteiger partial charge on any atom is -0.409 e. The summed E-state index contributed by atoms with van der Waals surface area (Å²) in [7, 11) is 0. The van der Waals surface area contributed by atoms with Gasteiger partial charge in [-0.05, 0) is 24.5 Å². The topological polar surface area (TPSA) is 95.0 Å². The molecular weight excluding hydrogens is 232 g/mol. The highest BCUT2D eigenvalue weighted by Crippen LogP contribution is 2.25. The first-order chi connectivity index (χ1) is 8.63. The van der Waals surface area contributed by atoms with Crippen LogP contribution in [0, 0.1) is 5.92 Å². The first-order valence-electron chi connectivity index (χ1n) is 5.99. The Balaban J connectivity index is 2.28. The van der Waals surface area contributed by atoms with E-state index < -0.39 is 0 Å². The summed E-state index contributed by atoms with van der Waals surface area (Å²) >= 11 is 0. The van der Waals surface area contributed by atoms with Crippen molar-refractivity contribution in [2.24, 2.45) is 16.8 Å². The Morgan fingerprint density at radius 2 is 2.39 bits per heavy atom. The van der Waals surface area contributed by atoms with Crippen molar-refractivity contribution in [1.82, 2.24) is 4.98 Å². The molecule has 0 saturated carbocycles. The number of rotatable bonds is 2. The van der Waals surface area contributed by atoms with Crippen molar-refractivity contribution in [3.05, 3.63) is 24.0 Å². The predicted molar refractivity (Wildman–Crippen MR) is 68.7 cm³/mol. The summed E-state index contributed by atoms with van der Waals surface area (Å²) in [5, 5.41) is 21.5. The minimum atomic E-state index is -0.259.